The van der Waals surface area contributed by atoms with E-state index in [0.29, 0.717) is 19.3 Å². The highest BCUT2D eigenvalue weighted by Crippen LogP contribution is 2.20. The van der Waals surface area contributed by atoms with Crippen molar-refractivity contribution in [2.24, 2.45) is 0 Å². The molecule has 0 aliphatic heterocycles. The van der Waals surface area contributed by atoms with Gasteiger partial charge in [0.1, 0.15) is 0 Å². The first-order valence-electron chi connectivity index (χ1n) is 4.73. The van der Waals surface area contributed by atoms with E-state index in [2.05, 4.69) is 4.74 Å². The maximum absolute atomic E-state index is 11.3. The summed E-state index contributed by atoms with van der Waals surface area (Å²) in [5.74, 6) is -0.894. The average molecular weight is 197 g/mol. The SMILES string of the molecule is CCOC(=O)CC1=C([O-])CCCC1=O. The van der Waals surface area contributed by atoms with Gasteiger partial charge >= 0.3 is 5.97 Å². The molecule has 0 aromatic heterocycles. The van der Waals surface area contributed by atoms with Gasteiger partial charge in [0.05, 0.1) is 13.0 Å². The van der Waals surface area contributed by atoms with Crippen LogP contribution in [0.5, 0.6) is 0 Å². The van der Waals surface area contributed by atoms with E-state index >= 15 is 0 Å². The number of Topliss-reactive ketones (excluding diaryl/α,β-unsaturated/α-hetero) is 1. The van der Waals surface area contributed by atoms with Crippen molar-refractivity contribution in [2.75, 3.05) is 6.61 Å². The van der Waals surface area contributed by atoms with Gasteiger partial charge in [-0.2, -0.15) is 0 Å². The predicted octanol–water partition coefficient (Wildman–Crippen LogP) is 0.307. The van der Waals surface area contributed by atoms with Crippen LogP contribution in [-0.2, 0) is 14.3 Å². The van der Waals surface area contributed by atoms with Gasteiger partial charge in [-0.05, 0) is 25.3 Å². The first-order chi connectivity index (χ1) is 6.65. The summed E-state index contributed by atoms with van der Waals surface area (Å²) in [5.41, 5.74) is 0.120. The minimum absolute atomic E-state index is 0.120. The second-order valence-electron chi connectivity index (χ2n) is 3.16. The van der Waals surface area contributed by atoms with Crippen LogP contribution >= 0.6 is 0 Å². The monoisotopic (exact) mass is 197 g/mol. The number of ketones is 1. The van der Waals surface area contributed by atoms with Gasteiger partial charge in [0, 0.05) is 6.42 Å². The van der Waals surface area contributed by atoms with Crippen LogP contribution in [0.25, 0.3) is 0 Å². The van der Waals surface area contributed by atoms with Crippen LogP contribution in [-0.4, -0.2) is 18.4 Å². The van der Waals surface area contributed by atoms with Gasteiger partial charge in [-0.15, -0.1) is 5.76 Å². The Morgan fingerprint density at radius 2 is 2.21 bits per heavy atom. The highest BCUT2D eigenvalue weighted by Gasteiger charge is 2.18. The molecule has 4 nitrogen and oxygen atoms in total. The summed E-state index contributed by atoms with van der Waals surface area (Å²) in [6, 6.07) is 0. The van der Waals surface area contributed by atoms with Crippen molar-refractivity contribution in [3.63, 3.8) is 0 Å². The molecule has 0 fully saturated rings. The molecule has 0 saturated carbocycles. The smallest absolute Gasteiger partial charge is 0.310 e. The number of rotatable bonds is 3. The fraction of sp³-hybridized carbons (Fsp3) is 0.600. The van der Waals surface area contributed by atoms with Gasteiger partial charge in [-0.25, -0.2) is 0 Å². The minimum Gasteiger partial charge on any atom is -0.875 e. The molecular weight excluding hydrogens is 184 g/mol. The Morgan fingerprint density at radius 1 is 1.50 bits per heavy atom. The highest BCUT2D eigenvalue weighted by atomic mass is 16.5. The third-order valence-electron chi connectivity index (χ3n) is 2.11. The van der Waals surface area contributed by atoms with Crippen LogP contribution in [0.4, 0.5) is 0 Å². The molecule has 0 saturated heterocycles. The summed E-state index contributed by atoms with van der Waals surface area (Å²) in [6.07, 6.45) is 1.19. The van der Waals surface area contributed by atoms with Crippen LogP contribution in [0.1, 0.15) is 32.6 Å². The van der Waals surface area contributed by atoms with Crippen LogP contribution in [0, 0.1) is 0 Å². The van der Waals surface area contributed by atoms with Crippen molar-refractivity contribution in [3.05, 3.63) is 11.3 Å². The lowest BCUT2D eigenvalue weighted by molar-refractivity contribution is -0.309. The number of hydrogen-bond donors (Lipinski definition) is 0. The number of allylic oxidation sites excluding steroid dienone is 1. The Labute approximate surface area is 82.6 Å². The van der Waals surface area contributed by atoms with Crippen molar-refractivity contribution in [1.29, 1.82) is 0 Å². The molecule has 78 valence electrons. The number of hydrogen-bond acceptors (Lipinski definition) is 4. The molecule has 0 bridgehead atoms. The Kier molecular flexibility index (Phi) is 3.68. The third kappa shape index (κ3) is 2.58. The van der Waals surface area contributed by atoms with E-state index in [9.17, 15) is 14.7 Å². The van der Waals surface area contributed by atoms with Crippen molar-refractivity contribution in [3.8, 4) is 0 Å². The summed E-state index contributed by atoms with van der Waals surface area (Å²) in [7, 11) is 0. The Hall–Kier alpha value is -1.32. The van der Waals surface area contributed by atoms with Gasteiger partial charge in [0.2, 0.25) is 0 Å². The van der Waals surface area contributed by atoms with Gasteiger partial charge in [-0.3, -0.25) is 9.59 Å². The lowest BCUT2D eigenvalue weighted by atomic mass is 9.94. The summed E-state index contributed by atoms with van der Waals surface area (Å²) in [6.45, 7) is 1.96. The van der Waals surface area contributed by atoms with Gasteiger partial charge in [-0.1, -0.05) is 0 Å². The Morgan fingerprint density at radius 3 is 2.79 bits per heavy atom. The molecule has 0 unspecified atom stereocenters. The van der Waals surface area contributed by atoms with Crippen LogP contribution in [0.3, 0.4) is 0 Å². The Balaban J connectivity index is 2.65. The van der Waals surface area contributed by atoms with Crippen LogP contribution in [0.2, 0.25) is 0 Å². The van der Waals surface area contributed by atoms with Crippen LogP contribution in [0.15, 0.2) is 11.3 Å². The molecule has 0 atom stereocenters. The molecule has 0 heterocycles. The maximum Gasteiger partial charge on any atom is 0.310 e. The minimum atomic E-state index is -0.494. The van der Waals surface area contributed by atoms with E-state index in [4.69, 9.17) is 0 Å². The maximum atomic E-state index is 11.3. The first kappa shape index (κ1) is 10.8. The standard InChI is InChI=1S/C10H14O4/c1-2-14-10(13)6-7-8(11)4-3-5-9(7)12/h11H,2-6H2,1H3/p-1. The van der Waals surface area contributed by atoms with Gasteiger partial charge in [0.25, 0.3) is 0 Å². The zero-order chi connectivity index (χ0) is 10.6. The molecule has 0 radical (unpaired) electrons. The molecule has 1 rings (SSSR count). The van der Waals surface area contributed by atoms with Crippen molar-refractivity contribution < 1.29 is 19.4 Å². The summed E-state index contributed by atoms with van der Waals surface area (Å²) < 4.78 is 4.68. The van der Waals surface area contributed by atoms with E-state index in [1.54, 1.807) is 6.92 Å². The molecule has 0 aromatic carbocycles. The van der Waals surface area contributed by atoms with E-state index in [1.165, 1.54) is 0 Å². The average Bonchev–Trinajstić information content (AvgIpc) is 2.12. The third-order valence-corrected chi connectivity index (χ3v) is 2.11. The van der Waals surface area contributed by atoms with E-state index in [-0.39, 0.29) is 30.1 Å². The molecular formula is C10H13O4-. The second kappa shape index (κ2) is 4.79. The van der Waals surface area contributed by atoms with Crippen molar-refractivity contribution in [1.82, 2.24) is 0 Å². The number of esters is 1. The normalized spacial score (nSPS) is 17.1. The first-order valence-corrected chi connectivity index (χ1v) is 4.73. The van der Waals surface area contributed by atoms with Crippen molar-refractivity contribution >= 4 is 11.8 Å². The fourth-order valence-electron chi connectivity index (χ4n) is 1.42. The highest BCUT2D eigenvalue weighted by molar-refractivity contribution is 6.00. The molecule has 0 aromatic rings. The molecule has 0 N–H and O–H groups in total. The largest absolute Gasteiger partial charge is 0.875 e. The molecule has 0 amide bonds. The molecule has 14 heavy (non-hydrogen) atoms. The number of carbonyl (C=O) groups excluding carboxylic acids is 2. The van der Waals surface area contributed by atoms with Gasteiger partial charge < -0.3 is 9.84 Å². The van der Waals surface area contributed by atoms with Crippen LogP contribution < -0.4 is 5.11 Å². The fourth-order valence-corrected chi connectivity index (χ4v) is 1.42. The van der Waals surface area contributed by atoms with Gasteiger partial charge in [0.15, 0.2) is 5.78 Å². The summed E-state index contributed by atoms with van der Waals surface area (Å²) in [4.78, 5) is 22.3. The van der Waals surface area contributed by atoms with E-state index < -0.39 is 5.97 Å². The second-order valence-corrected chi connectivity index (χ2v) is 3.16. The zero-order valence-electron chi connectivity index (χ0n) is 8.17. The zero-order valence-corrected chi connectivity index (χ0v) is 8.17. The quantitative estimate of drug-likeness (QED) is 0.610. The molecule has 1 aliphatic carbocycles. The van der Waals surface area contributed by atoms with Crippen molar-refractivity contribution in [2.45, 2.75) is 32.6 Å². The van der Waals surface area contributed by atoms with E-state index in [0.717, 1.165) is 0 Å². The van der Waals surface area contributed by atoms with E-state index in [1.807, 2.05) is 0 Å². The number of ether oxygens (including phenoxy) is 1. The Bertz CT molecular complexity index is 278. The molecule has 4 heteroatoms. The predicted molar refractivity (Wildman–Crippen MR) is 47.1 cm³/mol. The lowest BCUT2D eigenvalue weighted by Crippen LogP contribution is -2.21. The summed E-state index contributed by atoms with van der Waals surface area (Å²) in [5, 5.41) is 11.3. The summed E-state index contributed by atoms with van der Waals surface area (Å²) >= 11 is 0. The molecule has 1 aliphatic rings. The number of carbonyl (C=O) groups is 2. The topological polar surface area (TPSA) is 66.4 Å². The molecule has 0 spiro atoms. The lowest BCUT2D eigenvalue weighted by Gasteiger charge is -2.22.